The molecule has 17 heavy (non-hydrogen) atoms. The molecule has 90 valence electrons. The molecule has 2 rings (SSSR count). The van der Waals surface area contributed by atoms with Gasteiger partial charge in [-0.3, -0.25) is 0 Å². The zero-order chi connectivity index (χ0) is 12.6. The first-order valence-electron chi connectivity index (χ1n) is 4.84. The SMILES string of the molecule is Cc1ccc(Br)c(C(Cl)c2cc(Br)sc2Br)c1. The maximum Gasteiger partial charge on any atom is 0.0865 e. The van der Waals surface area contributed by atoms with Crippen molar-refractivity contribution in [3.05, 3.63) is 53.0 Å². The predicted molar refractivity (Wildman–Crippen MR) is 86.3 cm³/mol. The second-order valence-electron chi connectivity index (χ2n) is 3.67. The molecule has 0 aliphatic heterocycles. The van der Waals surface area contributed by atoms with Crippen molar-refractivity contribution >= 4 is 70.7 Å². The summed E-state index contributed by atoms with van der Waals surface area (Å²) >= 11 is 18.8. The van der Waals surface area contributed by atoms with Crippen LogP contribution < -0.4 is 0 Å². The summed E-state index contributed by atoms with van der Waals surface area (Å²) in [5, 5.41) is -0.152. The second kappa shape index (κ2) is 5.74. The summed E-state index contributed by atoms with van der Waals surface area (Å²) in [6, 6.07) is 8.27. The Labute approximate surface area is 135 Å². The van der Waals surface area contributed by atoms with E-state index in [2.05, 4.69) is 72.9 Å². The summed E-state index contributed by atoms with van der Waals surface area (Å²) in [4.78, 5) is 0. The fraction of sp³-hybridized carbons (Fsp3) is 0.167. The van der Waals surface area contributed by atoms with Crippen molar-refractivity contribution in [3.8, 4) is 0 Å². The summed E-state index contributed by atoms with van der Waals surface area (Å²) in [5.74, 6) is 0. The molecule has 1 aromatic heterocycles. The highest BCUT2D eigenvalue weighted by atomic mass is 79.9. The van der Waals surface area contributed by atoms with Gasteiger partial charge in [-0.15, -0.1) is 22.9 Å². The lowest BCUT2D eigenvalue weighted by Gasteiger charge is -2.12. The number of thiophene rings is 1. The van der Waals surface area contributed by atoms with Crippen LogP contribution in [-0.4, -0.2) is 0 Å². The summed E-state index contributed by atoms with van der Waals surface area (Å²) in [6.07, 6.45) is 0. The molecule has 0 bridgehead atoms. The van der Waals surface area contributed by atoms with E-state index in [1.165, 1.54) is 5.56 Å². The first-order valence-corrected chi connectivity index (χ1v) is 8.47. The zero-order valence-electron chi connectivity index (χ0n) is 8.81. The lowest BCUT2D eigenvalue weighted by molar-refractivity contribution is 1.12. The van der Waals surface area contributed by atoms with E-state index in [4.69, 9.17) is 11.6 Å². The smallest absolute Gasteiger partial charge is 0.0865 e. The molecule has 0 saturated heterocycles. The van der Waals surface area contributed by atoms with Gasteiger partial charge in [0.1, 0.15) is 0 Å². The van der Waals surface area contributed by atoms with Crippen LogP contribution in [0.1, 0.15) is 22.1 Å². The molecule has 0 aliphatic rings. The third kappa shape index (κ3) is 3.16. The van der Waals surface area contributed by atoms with Crippen molar-refractivity contribution in [2.24, 2.45) is 0 Å². The number of aryl methyl sites for hydroxylation is 1. The molecule has 2 aromatic rings. The third-order valence-electron chi connectivity index (χ3n) is 2.38. The van der Waals surface area contributed by atoms with E-state index in [-0.39, 0.29) is 5.38 Å². The van der Waals surface area contributed by atoms with Gasteiger partial charge in [0.25, 0.3) is 0 Å². The average Bonchev–Trinajstić information content (AvgIpc) is 2.60. The second-order valence-corrected chi connectivity index (χ2v) is 8.71. The molecule has 1 unspecified atom stereocenters. The molecule has 0 radical (unpaired) electrons. The number of rotatable bonds is 2. The molecule has 5 heteroatoms. The van der Waals surface area contributed by atoms with E-state index in [0.29, 0.717) is 0 Å². The van der Waals surface area contributed by atoms with Gasteiger partial charge in [0, 0.05) is 10.0 Å². The molecule has 0 aliphatic carbocycles. The number of halogens is 4. The summed E-state index contributed by atoms with van der Waals surface area (Å²) < 4.78 is 3.18. The van der Waals surface area contributed by atoms with Gasteiger partial charge in [0.2, 0.25) is 0 Å². The Balaban J connectivity index is 2.46. The van der Waals surface area contributed by atoms with Crippen molar-refractivity contribution in [2.45, 2.75) is 12.3 Å². The van der Waals surface area contributed by atoms with Crippen molar-refractivity contribution in [1.29, 1.82) is 0 Å². The number of benzene rings is 1. The highest BCUT2D eigenvalue weighted by Crippen LogP contribution is 2.42. The highest BCUT2D eigenvalue weighted by Gasteiger charge is 2.19. The van der Waals surface area contributed by atoms with Gasteiger partial charge in [-0.05, 0) is 56.5 Å². The van der Waals surface area contributed by atoms with E-state index < -0.39 is 0 Å². The first-order chi connectivity index (χ1) is 7.99. The molecule has 1 heterocycles. The molecule has 0 amide bonds. The number of hydrogen-bond donors (Lipinski definition) is 0. The van der Waals surface area contributed by atoms with Crippen LogP contribution >= 0.6 is 70.7 Å². The van der Waals surface area contributed by atoms with E-state index in [9.17, 15) is 0 Å². The van der Waals surface area contributed by atoms with Crippen molar-refractivity contribution in [3.63, 3.8) is 0 Å². The molecule has 1 atom stereocenters. The minimum atomic E-state index is -0.152. The van der Waals surface area contributed by atoms with E-state index in [1.54, 1.807) is 11.3 Å². The molecule has 0 fully saturated rings. The van der Waals surface area contributed by atoms with Crippen molar-refractivity contribution in [1.82, 2.24) is 0 Å². The van der Waals surface area contributed by atoms with E-state index in [1.807, 2.05) is 6.07 Å². The standard InChI is InChI=1S/C12H8Br3ClS/c1-6-2-3-9(13)7(4-6)11(16)8-5-10(14)17-12(8)15/h2-5,11H,1H3. The summed E-state index contributed by atoms with van der Waals surface area (Å²) in [5.41, 5.74) is 3.40. The van der Waals surface area contributed by atoms with Gasteiger partial charge in [-0.1, -0.05) is 33.6 Å². The first kappa shape index (κ1) is 14.1. The fourth-order valence-electron chi connectivity index (χ4n) is 1.55. The molecular formula is C12H8Br3ClS. The van der Waals surface area contributed by atoms with Gasteiger partial charge >= 0.3 is 0 Å². The van der Waals surface area contributed by atoms with Gasteiger partial charge in [0.15, 0.2) is 0 Å². The average molecular weight is 459 g/mol. The summed E-state index contributed by atoms with van der Waals surface area (Å²) in [6.45, 7) is 2.07. The Morgan fingerprint density at radius 2 is 1.82 bits per heavy atom. The van der Waals surface area contributed by atoms with Crippen LogP contribution in [0.25, 0.3) is 0 Å². The Morgan fingerprint density at radius 3 is 2.41 bits per heavy atom. The number of alkyl halides is 1. The third-order valence-corrected chi connectivity index (χ3v) is 5.96. The summed E-state index contributed by atoms with van der Waals surface area (Å²) in [7, 11) is 0. The van der Waals surface area contributed by atoms with Gasteiger partial charge in [0.05, 0.1) is 12.9 Å². The Morgan fingerprint density at radius 1 is 1.12 bits per heavy atom. The maximum absolute atomic E-state index is 6.55. The molecule has 1 aromatic carbocycles. The van der Waals surface area contributed by atoms with Gasteiger partial charge in [-0.2, -0.15) is 0 Å². The Hall–Kier alpha value is 0.650. The topological polar surface area (TPSA) is 0 Å². The predicted octanol–water partition coefficient (Wildman–Crippen LogP) is 6.67. The normalized spacial score (nSPS) is 12.8. The van der Waals surface area contributed by atoms with Crippen LogP contribution in [0.5, 0.6) is 0 Å². The Kier molecular flexibility index (Phi) is 4.75. The lowest BCUT2D eigenvalue weighted by Crippen LogP contribution is -1.94. The largest absolute Gasteiger partial charge is 0.121 e. The highest BCUT2D eigenvalue weighted by molar-refractivity contribution is 9.12. The maximum atomic E-state index is 6.55. The molecule has 0 nitrogen and oxygen atoms in total. The molecular weight excluding hydrogens is 451 g/mol. The van der Waals surface area contributed by atoms with Crippen molar-refractivity contribution < 1.29 is 0 Å². The fourth-order valence-corrected chi connectivity index (χ4v) is 5.61. The Bertz CT molecular complexity index is 551. The van der Waals surface area contributed by atoms with Crippen molar-refractivity contribution in [2.75, 3.05) is 0 Å². The van der Waals surface area contributed by atoms with Crippen LogP contribution in [0.3, 0.4) is 0 Å². The van der Waals surface area contributed by atoms with Crippen LogP contribution in [0.15, 0.2) is 36.3 Å². The molecule has 0 N–H and O–H groups in total. The monoisotopic (exact) mass is 456 g/mol. The molecule has 0 spiro atoms. The minimum absolute atomic E-state index is 0.152. The van der Waals surface area contributed by atoms with Gasteiger partial charge in [-0.25, -0.2) is 0 Å². The lowest BCUT2D eigenvalue weighted by atomic mass is 10.1. The van der Waals surface area contributed by atoms with E-state index >= 15 is 0 Å². The van der Waals surface area contributed by atoms with Crippen LogP contribution in [0.4, 0.5) is 0 Å². The minimum Gasteiger partial charge on any atom is -0.121 e. The van der Waals surface area contributed by atoms with E-state index in [0.717, 1.165) is 23.2 Å². The molecule has 0 saturated carbocycles. The van der Waals surface area contributed by atoms with Crippen LogP contribution in [0.2, 0.25) is 0 Å². The zero-order valence-corrected chi connectivity index (χ0v) is 15.1. The quantitative estimate of drug-likeness (QED) is 0.440. The number of hydrogen-bond acceptors (Lipinski definition) is 1. The van der Waals surface area contributed by atoms with Crippen LogP contribution in [0, 0.1) is 6.92 Å². The van der Waals surface area contributed by atoms with Gasteiger partial charge < -0.3 is 0 Å². The van der Waals surface area contributed by atoms with Crippen LogP contribution in [-0.2, 0) is 0 Å².